The molecule has 1 N–H and O–H groups in total. The molecule has 0 fully saturated rings. The molecular formula is C12H11Cl2NOS. The summed E-state index contributed by atoms with van der Waals surface area (Å²) in [4.78, 5) is 4.20. The Balaban J connectivity index is 1.98. The molecule has 90 valence electrons. The highest BCUT2D eigenvalue weighted by atomic mass is 35.5. The first-order valence-electron chi connectivity index (χ1n) is 5.19. The Labute approximate surface area is 114 Å². The predicted molar refractivity (Wildman–Crippen MR) is 71.9 cm³/mol. The Hall–Kier alpha value is -0.610. The number of thiophene rings is 1. The van der Waals surface area contributed by atoms with Crippen LogP contribution in [0.15, 0.2) is 30.5 Å². The summed E-state index contributed by atoms with van der Waals surface area (Å²) in [6.45, 7) is 0. The molecule has 0 bridgehead atoms. The van der Waals surface area contributed by atoms with Crippen molar-refractivity contribution in [2.75, 3.05) is 0 Å². The van der Waals surface area contributed by atoms with Gasteiger partial charge >= 0.3 is 0 Å². The van der Waals surface area contributed by atoms with E-state index in [1.54, 1.807) is 12.3 Å². The van der Waals surface area contributed by atoms with Crippen LogP contribution in [-0.4, -0.2) is 10.1 Å². The van der Waals surface area contributed by atoms with Crippen molar-refractivity contribution >= 4 is 34.5 Å². The van der Waals surface area contributed by atoms with Crippen LogP contribution in [0.2, 0.25) is 8.67 Å². The standard InChI is InChI=1S/C12H11Cl2NOS/c13-11-7-9(12(14)17-11)10(16)5-4-8-3-1-2-6-15-8/h1-3,6-7,10,16H,4-5H2. The van der Waals surface area contributed by atoms with Crippen LogP contribution in [0.1, 0.15) is 23.8 Å². The van der Waals surface area contributed by atoms with Gasteiger partial charge in [-0.2, -0.15) is 0 Å². The fourth-order valence-corrected chi connectivity index (χ4v) is 3.13. The van der Waals surface area contributed by atoms with Crippen molar-refractivity contribution in [2.24, 2.45) is 0 Å². The summed E-state index contributed by atoms with van der Waals surface area (Å²) < 4.78 is 1.16. The van der Waals surface area contributed by atoms with E-state index in [2.05, 4.69) is 4.98 Å². The lowest BCUT2D eigenvalue weighted by atomic mass is 10.1. The molecule has 0 saturated heterocycles. The minimum Gasteiger partial charge on any atom is -0.388 e. The number of nitrogens with zero attached hydrogens (tertiary/aromatic N) is 1. The van der Waals surface area contributed by atoms with E-state index in [-0.39, 0.29) is 0 Å². The van der Waals surface area contributed by atoms with Gasteiger partial charge in [0.15, 0.2) is 0 Å². The molecule has 0 saturated carbocycles. The number of rotatable bonds is 4. The van der Waals surface area contributed by atoms with Crippen molar-refractivity contribution in [3.8, 4) is 0 Å². The lowest BCUT2D eigenvalue weighted by Crippen LogP contribution is -1.99. The van der Waals surface area contributed by atoms with Gasteiger partial charge in [0, 0.05) is 17.5 Å². The molecule has 1 atom stereocenters. The van der Waals surface area contributed by atoms with E-state index in [0.29, 0.717) is 27.1 Å². The fraction of sp³-hybridized carbons (Fsp3) is 0.250. The Morgan fingerprint density at radius 1 is 1.35 bits per heavy atom. The largest absolute Gasteiger partial charge is 0.388 e. The molecule has 2 nitrogen and oxygen atoms in total. The van der Waals surface area contributed by atoms with Crippen molar-refractivity contribution in [3.63, 3.8) is 0 Å². The van der Waals surface area contributed by atoms with Crippen molar-refractivity contribution in [1.29, 1.82) is 0 Å². The molecular weight excluding hydrogens is 277 g/mol. The van der Waals surface area contributed by atoms with Gasteiger partial charge in [0.05, 0.1) is 10.4 Å². The van der Waals surface area contributed by atoms with Gasteiger partial charge in [-0.25, -0.2) is 0 Å². The first-order valence-corrected chi connectivity index (χ1v) is 6.77. The van der Waals surface area contributed by atoms with E-state index >= 15 is 0 Å². The average Bonchev–Trinajstić information content (AvgIpc) is 2.67. The third-order valence-electron chi connectivity index (χ3n) is 2.44. The summed E-state index contributed by atoms with van der Waals surface area (Å²) >= 11 is 13.1. The van der Waals surface area contributed by atoms with E-state index in [9.17, 15) is 5.11 Å². The van der Waals surface area contributed by atoms with E-state index < -0.39 is 6.10 Å². The molecule has 1 unspecified atom stereocenters. The monoisotopic (exact) mass is 287 g/mol. The van der Waals surface area contributed by atoms with Gasteiger partial charge in [-0.05, 0) is 31.0 Å². The third-order valence-corrected chi connectivity index (χ3v) is 3.96. The summed E-state index contributed by atoms with van der Waals surface area (Å²) in [6, 6.07) is 7.46. The molecule has 0 spiro atoms. The molecule has 0 amide bonds. The Morgan fingerprint density at radius 2 is 2.18 bits per heavy atom. The van der Waals surface area contributed by atoms with Crippen LogP contribution in [0.5, 0.6) is 0 Å². The van der Waals surface area contributed by atoms with Gasteiger partial charge in [-0.1, -0.05) is 29.3 Å². The second-order valence-corrected chi connectivity index (χ2v) is 5.94. The summed E-state index contributed by atoms with van der Waals surface area (Å²) in [6.07, 6.45) is 2.46. The Bertz CT molecular complexity index is 487. The van der Waals surface area contributed by atoms with Gasteiger partial charge in [-0.3, -0.25) is 4.98 Å². The third kappa shape index (κ3) is 3.42. The predicted octanol–water partition coefficient (Wildman–Crippen LogP) is 4.12. The molecule has 0 aliphatic carbocycles. The minimum atomic E-state index is -0.590. The van der Waals surface area contributed by atoms with Crippen molar-refractivity contribution in [1.82, 2.24) is 4.98 Å². The molecule has 5 heteroatoms. The quantitative estimate of drug-likeness (QED) is 0.918. The zero-order valence-electron chi connectivity index (χ0n) is 8.94. The fourth-order valence-electron chi connectivity index (χ4n) is 1.57. The van der Waals surface area contributed by atoms with Crippen LogP contribution in [0, 0.1) is 0 Å². The normalized spacial score (nSPS) is 12.6. The number of hydrogen-bond donors (Lipinski definition) is 1. The molecule has 17 heavy (non-hydrogen) atoms. The van der Waals surface area contributed by atoms with Gasteiger partial charge in [0.25, 0.3) is 0 Å². The number of pyridine rings is 1. The number of aliphatic hydroxyl groups is 1. The van der Waals surface area contributed by atoms with E-state index in [1.165, 1.54) is 11.3 Å². The second-order valence-electron chi connectivity index (χ2n) is 3.66. The topological polar surface area (TPSA) is 33.1 Å². The van der Waals surface area contributed by atoms with Crippen molar-refractivity contribution < 1.29 is 5.11 Å². The lowest BCUT2D eigenvalue weighted by molar-refractivity contribution is 0.168. The molecule has 0 aliphatic rings. The Morgan fingerprint density at radius 3 is 2.76 bits per heavy atom. The summed E-state index contributed by atoms with van der Waals surface area (Å²) in [7, 11) is 0. The summed E-state index contributed by atoms with van der Waals surface area (Å²) in [5, 5.41) is 10.0. The van der Waals surface area contributed by atoms with Crippen LogP contribution < -0.4 is 0 Å². The molecule has 0 aliphatic heterocycles. The average molecular weight is 288 g/mol. The van der Waals surface area contributed by atoms with Crippen LogP contribution >= 0.6 is 34.5 Å². The molecule has 2 heterocycles. The number of hydrogen-bond acceptors (Lipinski definition) is 3. The molecule has 2 rings (SSSR count). The van der Waals surface area contributed by atoms with Crippen LogP contribution in [0.25, 0.3) is 0 Å². The van der Waals surface area contributed by atoms with E-state index in [1.807, 2.05) is 18.2 Å². The van der Waals surface area contributed by atoms with Crippen molar-refractivity contribution in [3.05, 3.63) is 50.4 Å². The molecule has 2 aromatic rings. The van der Waals surface area contributed by atoms with E-state index in [0.717, 1.165) is 5.69 Å². The highest BCUT2D eigenvalue weighted by Crippen LogP contribution is 2.36. The molecule has 0 radical (unpaired) electrons. The van der Waals surface area contributed by atoms with Gasteiger partial charge in [-0.15, -0.1) is 11.3 Å². The van der Waals surface area contributed by atoms with Gasteiger partial charge in [0.1, 0.15) is 4.34 Å². The van der Waals surface area contributed by atoms with Crippen LogP contribution in [0.4, 0.5) is 0 Å². The number of aromatic nitrogens is 1. The smallest absolute Gasteiger partial charge is 0.100 e. The van der Waals surface area contributed by atoms with Crippen LogP contribution in [0.3, 0.4) is 0 Å². The second kappa shape index (κ2) is 5.83. The molecule has 0 aromatic carbocycles. The van der Waals surface area contributed by atoms with Crippen LogP contribution in [-0.2, 0) is 6.42 Å². The number of halogens is 2. The number of aliphatic hydroxyl groups excluding tert-OH is 1. The summed E-state index contributed by atoms with van der Waals surface area (Å²) in [5.41, 5.74) is 1.67. The Kier molecular flexibility index (Phi) is 4.40. The number of aryl methyl sites for hydroxylation is 1. The highest BCUT2D eigenvalue weighted by Gasteiger charge is 2.15. The first-order chi connectivity index (χ1) is 8.16. The summed E-state index contributed by atoms with van der Waals surface area (Å²) in [5.74, 6) is 0. The van der Waals surface area contributed by atoms with Gasteiger partial charge in [0.2, 0.25) is 0 Å². The maximum absolute atomic E-state index is 10.0. The maximum atomic E-state index is 10.0. The zero-order valence-corrected chi connectivity index (χ0v) is 11.3. The lowest BCUT2D eigenvalue weighted by Gasteiger charge is -2.08. The van der Waals surface area contributed by atoms with Gasteiger partial charge < -0.3 is 5.11 Å². The zero-order chi connectivity index (χ0) is 12.3. The minimum absolute atomic E-state index is 0.559. The van der Waals surface area contributed by atoms with E-state index in [4.69, 9.17) is 23.2 Å². The first kappa shape index (κ1) is 12.8. The molecule has 2 aromatic heterocycles. The van der Waals surface area contributed by atoms with Crippen molar-refractivity contribution in [2.45, 2.75) is 18.9 Å². The SMILES string of the molecule is OC(CCc1ccccn1)c1cc(Cl)sc1Cl. The highest BCUT2D eigenvalue weighted by molar-refractivity contribution is 7.20. The maximum Gasteiger partial charge on any atom is 0.100 e.